The normalized spacial score (nSPS) is 11.0. The van der Waals surface area contributed by atoms with Gasteiger partial charge in [-0.2, -0.15) is 0 Å². The number of carboxylic acids is 1. The van der Waals surface area contributed by atoms with Crippen LogP contribution in [0.1, 0.15) is 29.8 Å². The second kappa shape index (κ2) is 6.43. The van der Waals surface area contributed by atoms with Gasteiger partial charge in [0.25, 0.3) is 0 Å². The van der Waals surface area contributed by atoms with Crippen LogP contribution in [0.25, 0.3) is 0 Å². The van der Waals surface area contributed by atoms with Crippen LogP contribution in [0, 0.1) is 0 Å². The molecule has 114 valence electrons. The van der Waals surface area contributed by atoms with Crippen molar-refractivity contribution in [3.05, 3.63) is 65.7 Å². The molecule has 4 nitrogen and oxygen atoms in total. The second-order valence-electron chi connectivity index (χ2n) is 5.53. The minimum Gasteiger partial charge on any atom is -0.478 e. The summed E-state index contributed by atoms with van der Waals surface area (Å²) in [5.41, 5.74) is 0.222. The van der Waals surface area contributed by atoms with Crippen molar-refractivity contribution in [2.75, 3.05) is 0 Å². The zero-order chi connectivity index (χ0) is 16.2. The van der Waals surface area contributed by atoms with Crippen molar-refractivity contribution in [2.24, 2.45) is 0 Å². The molecule has 0 bridgehead atoms. The molecule has 22 heavy (non-hydrogen) atoms. The molecule has 0 heterocycles. The molecule has 0 atom stereocenters. The third-order valence-corrected chi connectivity index (χ3v) is 3.27. The second-order valence-corrected chi connectivity index (χ2v) is 5.53. The van der Waals surface area contributed by atoms with E-state index in [-0.39, 0.29) is 5.78 Å². The highest BCUT2D eigenvalue weighted by atomic mass is 16.5. The molecule has 0 unspecified atom stereocenters. The summed E-state index contributed by atoms with van der Waals surface area (Å²) in [5.74, 6) is -0.615. The maximum atomic E-state index is 12.2. The highest BCUT2D eigenvalue weighted by Gasteiger charge is 2.29. The fourth-order valence-corrected chi connectivity index (χ4v) is 1.93. The fourth-order valence-electron chi connectivity index (χ4n) is 1.93. The number of Topliss-reactive ketones (excluding diaryl/α,β-unsaturated/α-hetero) is 1. The van der Waals surface area contributed by atoms with Crippen LogP contribution in [0.15, 0.2) is 54.6 Å². The summed E-state index contributed by atoms with van der Waals surface area (Å²) in [6.45, 7) is 2.95. The molecule has 0 aliphatic heterocycles. The van der Waals surface area contributed by atoms with Crippen molar-refractivity contribution in [3.63, 3.8) is 0 Å². The van der Waals surface area contributed by atoms with Crippen LogP contribution in [-0.4, -0.2) is 22.5 Å². The maximum Gasteiger partial charge on any atom is 0.347 e. The molecule has 0 aliphatic rings. The molecule has 2 aromatic carbocycles. The first-order chi connectivity index (χ1) is 10.4. The average Bonchev–Trinajstić information content (AvgIpc) is 2.48. The number of rotatable bonds is 6. The third-order valence-electron chi connectivity index (χ3n) is 3.27. The van der Waals surface area contributed by atoms with E-state index < -0.39 is 11.6 Å². The zero-order valence-corrected chi connectivity index (χ0v) is 12.6. The van der Waals surface area contributed by atoms with Gasteiger partial charge < -0.3 is 9.84 Å². The van der Waals surface area contributed by atoms with Gasteiger partial charge in [0.2, 0.25) is 0 Å². The van der Waals surface area contributed by atoms with Crippen molar-refractivity contribution < 1.29 is 19.4 Å². The summed E-state index contributed by atoms with van der Waals surface area (Å²) in [6.07, 6.45) is 0.335. The molecule has 0 aromatic heterocycles. The smallest absolute Gasteiger partial charge is 0.347 e. The molecular formula is C18H18O4. The van der Waals surface area contributed by atoms with E-state index in [2.05, 4.69) is 0 Å². The molecule has 0 spiro atoms. The largest absolute Gasteiger partial charge is 0.478 e. The molecule has 1 N–H and O–H groups in total. The first kappa shape index (κ1) is 15.8. The van der Waals surface area contributed by atoms with Gasteiger partial charge in [-0.15, -0.1) is 0 Å². The summed E-state index contributed by atoms with van der Waals surface area (Å²) in [7, 11) is 0. The highest BCUT2D eigenvalue weighted by molar-refractivity contribution is 5.97. The molecule has 0 saturated heterocycles. The molecular weight excluding hydrogens is 280 g/mol. The Labute approximate surface area is 129 Å². The van der Waals surface area contributed by atoms with Crippen LogP contribution in [0.2, 0.25) is 0 Å². The van der Waals surface area contributed by atoms with Crippen molar-refractivity contribution in [2.45, 2.75) is 25.9 Å². The van der Waals surface area contributed by atoms with Crippen LogP contribution < -0.4 is 4.74 Å². The van der Waals surface area contributed by atoms with Gasteiger partial charge in [-0.1, -0.05) is 30.3 Å². The number of aliphatic carboxylic acids is 1. The van der Waals surface area contributed by atoms with E-state index in [1.54, 1.807) is 24.3 Å². The fraction of sp³-hybridized carbons (Fsp3) is 0.222. The quantitative estimate of drug-likeness (QED) is 0.831. The summed E-state index contributed by atoms with van der Waals surface area (Å²) < 4.78 is 5.41. The van der Waals surface area contributed by atoms with Gasteiger partial charge in [0.15, 0.2) is 11.4 Å². The molecule has 2 aromatic rings. The minimum absolute atomic E-state index is 0.00949. The lowest BCUT2D eigenvalue weighted by molar-refractivity contribution is -0.152. The third kappa shape index (κ3) is 3.95. The van der Waals surface area contributed by atoms with Crippen molar-refractivity contribution >= 4 is 11.8 Å². The van der Waals surface area contributed by atoms with Gasteiger partial charge in [0.1, 0.15) is 5.75 Å². The molecule has 0 amide bonds. The summed E-state index contributed by atoms with van der Waals surface area (Å²) in [6, 6.07) is 16.0. The predicted molar refractivity (Wildman–Crippen MR) is 83.3 cm³/mol. The highest BCUT2D eigenvalue weighted by Crippen LogP contribution is 2.20. The number of carbonyl (C=O) groups is 2. The Morgan fingerprint density at radius 1 is 1.00 bits per heavy atom. The molecule has 0 saturated carbocycles. The Kier molecular flexibility index (Phi) is 4.61. The Bertz CT molecular complexity index is 657. The van der Waals surface area contributed by atoms with Gasteiger partial charge in [0, 0.05) is 12.0 Å². The zero-order valence-electron chi connectivity index (χ0n) is 12.6. The monoisotopic (exact) mass is 298 g/mol. The van der Waals surface area contributed by atoms with Crippen molar-refractivity contribution in [3.8, 4) is 5.75 Å². The Balaban J connectivity index is 2.05. The molecule has 2 rings (SSSR count). The average molecular weight is 298 g/mol. The van der Waals surface area contributed by atoms with E-state index in [4.69, 9.17) is 9.84 Å². The summed E-state index contributed by atoms with van der Waals surface area (Å²) in [4.78, 5) is 23.2. The number of ether oxygens (including phenoxy) is 1. The van der Waals surface area contributed by atoms with E-state index >= 15 is 0 Å². The number of carbonyl (C=O) groups excluding carboxylic acids is 1. The lowest BCUT2D eigenvalue weighted by Crippen LogP contribution is -2.37. The van der Waals surface area contributed by atoms with E-state index in [0.717, 1.165) is 5.56 Å². The van der Waals surface area contributed by atoms with Crippen molar-refractivity contribution in [1.82, 2.24) is 0 Å². The van der Waals surface area contributed by atoms with Crippen LogP contribution in [0.4, 0.5) is 0 Å². The lowest BCUT2D eigenvalue weighted by Gasteiger charge is -2.21. The molecule has 0 aliphatic carbocycles. The topological polar surface area (TPSA) is 63.6 Å². The number of hydrogen-bond donors (Lipinski definition) is 1. The summed E-state index contributed by atoms with van der Waals surface area (Å²) in [5, 5.41) is 9.03. The van der Waals surface area contributed by atoms with Crippen LogP contribution in [0.5, 0.6) is 5.75 Å². The number of benzene rings is 2. The molecule has 0 radical (unpaired) electrons. The van der Waals surface area contributed by atoms with Gasteiger partial charge in [-0.3, -0.25) is 4.79 Å². The Morgan fingerprint density at radius 3 is 2.14 bits per heavy atom. The van der Waals surface area contributed by atoms with Gasteiger partial charge in [-0.25, -0.2) is 4.79 Å². The molecule has 4 heteroatoms. The molecule has 0 fully saturated rings. The van der Waals surface area contributed by atoms with Crippen molar-refractivity contribution in [1.29, 1.82) is 0 Å². The van der Waals surface area contributed by atoms with Crippen LogP contribution in [-0.2, 0) is 11.2 Å². The summed E-state index contributed by atoms with van der Waals surface area (Å²) >= 11 is 0. The first-order valence-electron chi connectivity index (χ1n) is 6.98. The van der Waals surface area contributed by atoms with E-state index in [9.17, 15) is 9.59 Å². The van der Waals surface area contributed by atoms with Crippen LogP contribution >= 0.6 is 0 Å². The standard InChI is InChI=1S/C18H18O4/c1-18(2,17(20)21)22-15-10-8-14(9-11-15)16(19)12-13-6-4-3-5-7-13/h3-11H,12H2,1-2H3,(H,20,21). The minimum atomic E-state index is -1.31. The van der Waals surface area contributed by atoms with E-state index in [1.807, 2.05) is 30.3 Å². The van der Waals surface area contributed by atoms with E-state index in [0.29, 0.717) is 17.7 Å². The van der Waals surface area contributed by atoms with E-state index in [1.165, 1.54) is 13.8 Å². The SMILES string of the molecule is CC(C)(Oc1ccc(C(=O)Cc2ccccc2)cc1)C(=O)O. The Hall–Kier alpha value is -2.62. The number of hydrogen-bond acceptors (Lipinski definition) is 3. The van der Waals surface area contributed by atoms with Gasteiger partial charge in [-0.05, 0) is 43.7 Å². The van der Waals surface area contributed by atoms with Gasteiger partial charge in [0.05, 0.1) is 0 Å². The predicted octanol–water partition coefficient (Wildman–Crippen LogP) is 3.35. The number of ketones is 1. The lowest BCUT2D eigenvalue weighted by atomic mass is 10.0. The van der Waals surface area contributed by atoms with Gasteiger partial charge >= 0.3 is 5.97 Å². The maximum absolute atomic E-state index is 12.2. The van der Waals surface area contributed by atoms with Crippen LogP contribution in [0.3, 0.4) is 0 Å². The Morgan fingerprint density at radius 2 is 1.59 bits per heavy atom. The first-order valence-corrected chi connectivity index (χ1v) is 6.98. The number of carboxylic acid groups (broad SMARTS) is 1.